The molecule has 0 fully saturated rings. The molecule has 1 aromatic rings. The fraction of sp³-hybridized carbons (Fsp3) is 0.333. The van der Waals surface area contributed by atoms with Crippen LogP contribution in [0, 0.1) is 11.7 Å². The molecule has 1 aromatic carbocycles. The van der Waals surface area contributed by atoms with Crippen molar-refractivity contribution in [3.63, 3.8) is 0 Å². The van der Waals surface area contributed by atoms with E-state index in [9.17, 15) is 14.0 Å². The maximum atomic E-state index is 13.5. The van der Waals surface area contributed by atoms with Crippen LogP contribution in [0.4, 0.5) is 4.39 Å². The fourth-order valence-corrected chi connectivity index (χ4v) is 2.01. The second-order valence-electron chi connectivity index (χ2n) is 3.82. The molecule has 16 heavy (non-hydrogen) atoms. The van der Waals surface area contributed by atoms with Gasteiger partial charge in [0.25, 0.3) is 0 Å². The molecule has 0 aromatic heterocycles. The van der Waals surface area contributed by atoms with Crippen LogP contribution in [0.25, 0.3) is 0 Å². The summed E-state index contributed by atoms with van der Waals surface area (Å²) in [6.07, 6.45) is 0.337. The standard InChI is InChI=1S/C12H11FO3/c1-16-12(15)7-5-9-8(11(14)6-7)3-2-4-10(9)13/h2-4,7H,5-6H2,1H3. The van der Waals surface area contributed by atoms with Gasteiger partial charge in [0.15, 0.2) is 5.78 Å². The van der Waals surface area contributed by atoms with Crippen LogP contribution in [0.5, 0.6) is 0 Å². The number of rotatable bonds is 1. The Bertz CT molecular complexity index is 454. The van der Waals surface area contributed by atoms with Crippen molar-refractivity contribution in [3.05, 3.63) is 35.1 Å². The van der Waals surface area contributed by atoms with Crippen molar-refractivity contribution in [1.82, 2.24) is 0 Å². The number of carbonyl (C=O) groups is 2. The second kappa shape index (κ2) is 4.04. The minimum absolute atomic E-state index is 0.100. The van der Waals surface area contributed by atoms with Gasteiger partial charge in [-0.1, -0.05) is 12.1 Å². The molecular formula is C12H11FO3. The summed E-state index contributed by atoms with van der Waals surface area (Å²) in [7, 11) is 1.27. The third-order valence-corrected chi connectivity index (χ3v) is 2.84. The maximum absolute atomic E-state index is 13.5. The van der Waals surface area contributed by atoms with E-state index in [-0.39, 0.29) is 18.6 Å². The predicted molar refractivity (Wildman–Crippen MR) is 54.6 cm³/mol. The topological polar surface area (TPSA) is 43.4 Å². The average molecular weight is 222 g/mol. The monoisotopic (exact) mass is 222 g/mol. The number of benzene rings is 1. The summed E-state index contributed by atoms with van der Waals surface area (Å²) < 4.78 is 18.1. The zero-order valence-electron chi connectivity index (χ0n) is 8.83. The number of ether oxygens (including phenoxy) is 1. The fourth-order valence-electron chi connectivity index (χ4n) is 2.01. The molecular weight excluding hydrogens is 211 g/mol. The van der Waals surface area contributed by atoms with Gasteiger partial charge in [-0.15, -0.1) is 0 Å². The first-order valence-electron chi connectivity index (χ1n) is 5.02. The van der Waals surface area contributed by atoms with E-state index in [2.05, 4.69) is 4.74 Å². The SMILES string of the molecule is COC(=O)C1CC(=O)c2cccc(F)c2C1. The highest BCUT2D eigenvalue weighted by Crippen LogP contribution is 2.28. The molecule has 1 aliphatic rings. The Balaban J connectivity index is 2.39. The summed E-state index contributed by atoms with van der Waals surface area (Å²) >= 11 is 0. The van der Waals surface area contributed by atoms with Gasteiger partial charge in [-0.25, -0.2) is 4.39 Å². The molecule has 0 saturated heterocycles. The first-order valence-corrected chi connectivity index (χ1v) is 5.02. The average Bonchev–Trinajstić information content (AvgIpc) is 2.29. The number of halogens is 1. The van der Waals surface area contributed by atoms with Crippen molar-refractivity contribution in [2.45, 2.75) is 12.8 Å². The lowest BCUT2D eigenvalue weighted by molar-refractivity contribution is -0.145. The first kappa shape index (κ1) is 10.8. The van der Waals surface area contributed by atoms with Crippen LogP contribution < -0.4 is 0 Å². The molecule has 1 aliphatic carbocycles. The molecule has 0 spiro atoms. The van der Waals surface area contributed by atoms with Crippen molar-refractivity contribution >= 4 is 11.8 Å². The number of hydrogen-bond acceptors (Lipinski definition) is 3. The highest BCUT2D eigenvalue weighted by atomic mass is 19.1. The first-order chi connectivity index (χ1) is 7.63. The van der Waals surface area contributed by atoms with Crippen LogP contribution in [0.3, 0.4) is 0 Å². The zero-order valence-corrected chi connectivity index (χ0v) is 8.83. The Hall–Kier alpha value is -1.71. The van der Waals surface area contributed by atoms with Crippen molar-refractivity contribution in [1.29, 1.82) is 0 Å². The summed E-state index contributed by atoms with van der Waals surface area (Å²) in [6, 6.07) is 4.39. The van der Waals surface area contributed by atoms with E-state index in [1.807, 2.05) is 0 Å². The van der Waals surface area contributed by atoms with E-state index in [1.54, 1.807) is 6.07 Å². The van der Waals surface area contributed by atoms with E-state index in [0.717, 1.165) is 0 Å². The van der Waals surface area contributed by atoms with Gasteiger partial charge in [0.05, 0.1) is 13.0 Å². The Morgan fingerprint density at radius 1 is 1.44 bits per heavy atom. The number of carbonyl (C=O) groups excluding carboxylic acids is 2. The third kappa shape index (κ3) is 1.71. The molecule has 0 saturated carbocycles. The Morgan fingerprint density at radius 3 is 2.88 bits per heavy atom. The summed E-state index contributed by atoms with van der Waals surface area (Å²) in [5.74, 6) is -1.64. The summed E-state index contributed by atoms with van der Waals surface area (Å²) in [5.41, 5.74) is 0.717. The summed E-state index contributed by atoms with van der Waals surface area (Å²) in [5, 5.41) is 0. The van der Waals surface area contributed by atoms with E-state index >= 15 is 0 Å². The number of hydrogen-bond donors (Lipinski definition) is 0. The number of ketones is 1. The predicted octanol–water partition coefficient (Wildman–Crippen LogP) is 1.74. The lowest BCUT2D eigenvalue weighted by Gasteiger charge is -2.21. The van der Waals surface area contributed by atoms with E-state index in [0.29, 0.717) is 11.1 Å². The normalized spacial score (nSPS) is 19.1. The maximum Gasteiger partial charge on any atom is 0.309 e. The van der Waals surface area contributed by atoms with Crippen LogP contribution >= 0.6 is 0 Å². The van der Waals surface area contributed by atoms with E-state index < -0.39 is 17.7 Å². The molecule has 0 N–H and O–H groups in total. The van der Waals surface area contributed by atoms with Crippen molar-refractivity contribution in [2.24, 2.45) is 5.92 Å². The molecule has 0 heterocycles. The van der Waals surface area contributed by atoms with Crippen molar-refractivity contribution in [3.8, 4) is 0 Å². The number of fused-ring (bicyclic) bond motifs is 1. The Labute approximate surface area is 92.2 Å². The number of methoxy groups -OCH3 is 1. The summed E-state index contributed by atoms with van der Waals surface area (Å²) in [4.78, 5) is 23.0. The van der Waals surface area contributed by atoms with Crippen LogP contribution in [-0.2, 0) is 16.0 Å². The van der Waals surface area contributed by atoms with Crippen LogP contribution in [-0.4, -0.2) is 18.9 Å². The van der Waals surface area contributed by atoms with Crippen LogP contribution in [0.1, 0.15) is 22.3 Å². The van der Waals surface area contributed by atoms with Gasteiger partial charge >= 0.3 is 5.97 Å². The lowest BCUT2D eigenvalue weighted by atomic mass is 9.83. The molecule has 0 radical (unpaired) electrons. The molecule has 84 valence electrons. The smallest absolute Gasteiger partial charge is 0.309 e. The molecule has 0 aliphatic heterocycles. The number of esters is 1. The van der Waals surface area contributed by atoms with Gasteiger partial charge in [0.1, 0.15) is 5.82 Å². The van der Waals surface area contributed by atoms with Gasteiger partial charge in [-0.2, -0.15) is 0 Å². The molecule has 0 bridgehead atoms. The van der Waals surface area contributed by atoms with Gasteiger partial charge < -0.3 is 4.74 Å². The second-order valence-corrected chi connectivity index (χ2v) is 3.82. The Morgan fingerprint density at radius 2 is 2.19 bits per heavy atom. The molecule has 2 rings (SSSR count). The van der Waals surface area contributed by atoms with Gasteiger partial charge in [0.2, 0.25) is 0 Å². The number of Topliss-reactive ketones (excluding diaryl/α,β-unsaturated/α-hetero) is 1. The van der Waals surface area contributed by atoms with Crippen LogP contribution in [0.2, 0.25) is 0 Å². The molecule has 3 nitrogen and oxygen atoms in total. The summed E-state index contributed by atoms with van der Waals surface area (Å²) in [6.45, 7) is 0. The van der Waals surface area contributed by atoms with Crippen LogP contribution in [0.15, 0.2) is 18.2 Å². The minimum Gasteiger partial charge on any atom is -0.469 e. The minimum atomic E-state index is -0.554. The molecule has 1 atom stereocenters. The third-order valence-electron chi connectivity index (χ3n) is 2.84. The van der Waals surface area contributed by atoms with E-state index in [4.69, 9.17) is 0 Å². The highest BCUT2D eigenvalue weighted by Gasteiger charge is 2.31. The molecule has 0 amide bonds. The molecule has 4 heteroatoms. The zero-order chi connectivity index (χ0) is 11.7. The van der Waals surface area contributed by atoms with Crippen molar-refractivity contribution < 1.29 is 18.7 Å². The van der Waals surface area contributed by atoms with E-state index in [1.165, 1.54) is 19.2 Å². The van der Waals surface area contributed by atoms with Gasteiger partial charge in [0, 0.05) is 12.0 Å². The largest absolute Gasteiger partial charge is 0.469 e. The van der Waals surface area contributed by atoms with Gasteiger partial charge in [-0.05, 0) is 18.1 Å². The lowest BCUT2D eigenvalue weighted by Crippen LogP contribution is -2.28. The Kier molecular flexibility index (Phi) is 2.73. The van der Waals surface area contributed by atoms with Gasteiger partial charge in [-0.3, -0.25) is 9.59 Å². The highest BCUT2D eigenvalue weighted by molar-refractivity contribution is 6.01. The quantitative estimate of drug-likeness (QED) is 0.680. The molecule has 1 unspecified atom stereocenters. The van der Waals surface area contributed by atoms with Crippen molar-refractivity contribution in [2.75, 3.05) is 7.11 Å².